The van der Waals surface area contributed by atoms with Gasteiger partial charge >= 0.3 is 0 Å². The highest BCUT2D eigenvalue weighted by Gasteiger charge is 2.03. The summed E-state index contributed by atoms with van der Waals surface area (Å²) in [6.45, 7) is 4.17. The second kappa shape index (κ2) is 7.69. The zero-order chi connectivity index (χ0) is 15.1. The second-order valence-electron chi connectivity index (χ2n) is 4.90. The summed E-state index contributed by atoms with van der Waals surface area (Å²) in [6.07, 6.45) is 6.97. The van der Waals surface area contributed by atoms with E-state index in [9.17, 15) is 0 Å². The Morgan fingerprint density at radius 3 is 2.86 bits per heavy atom. The second-order valence-corrected chi connectivity index (χ2v) is 5.29. The van der Waals surface area contributed by atoms with Crippen LogP contribution in [0.5, 0.6) is 0 Å². The molecule has 1 aromatic heterocycles. The molecule has 0 radical (unpaired) electrons. The summed E-state index contributed by atoms with van der Waals surface area (Å²) in [5, 5.41) is 11.5. The lowest BCUT2D eigenvalue weighted by Gasteiger charge is -1.99. The minimum Gasteiger partial charge on any atom is -0.250 e. The Bertz CT molecular complexity index is 680. The molecule has 4 nitrogen and oxygen atoms in total. The highest BCUT2D eigenvalue weighted by atomic mass is 32.1. The molecule has 0 atom stereocenters. The van der Waals surface area contributed by atoms with E-state index < -0.39 is 0 Å². The molecule has 1 heterocycles. The van der Waals surface area contributed by atoms with Crippen molar-refractivity contribution in [1.29, 1.82) is 0 Å². The molecule has 0 fully saturated rings. The third kappa shape index (κ3) is 4.49. The van der Waals surface area contributed by atoms with Crippen molar-refractivity contribution < 1.29 is 0 Å². The van der Waals surface area contributed by atoms with Crippen molar-refractivity contribution in [3.05, 3.63) is 52.1 Å². The fourth-order valence-corrected chi connectivity index (χ4v) is 2.14. The van der Waals surface area contributed by atoms with Gasteiger partial charge in [0.15, 0.2) is 5.82 Å². The Morgan fingerprint density at radius 2 is 2.14 bits per heavy atom. The summed E-state index contributed by atoms with van der Waals surface area (Å²) in [4.78, 5) is 0. The Balaban J connectivity index is 2.15. The van der Waals surface area contributed by atoms with Gasteiger partial charge in [0.05, 0.1) is 6.21 Å². The molecule has 1 aromatic carbocycles. The molecule has 0 aliphatic rings. The van der Waals surface area contributed by atoms with Gasteiger partial charge in [-0.25, -0.2) is 0 Å². The highest BCUT2D eigenvalue weighted by Crippen LogP contribution is 2.06. The molecule has 1 N–H and O–H groups in total. The van der Waals surface area contributed by atoms with Gasteiger partial charge in [-0.15, -0.1) is 0 Å². The first-order chi connectivity index (χ1) is 10.2. The first kappa shape index (κ1) is 15.4. The maximum absolute atomic E-state index is 5.22. The molecule has 0 unspecified atom stereocenters. The third-order valence-corrected chi connectivity index (χ3v) is 3.31. The monoisotopic (exact) mass is 300 g/mol. The van der Waals surface area contributed by atoms with Crippen LogP contribution in [0.2, 0.25) is 0 Å². The third-order valence-electron chi connectivity index (χ3n) is 3.04. The molecule has 0 aliphatic carbocycles. The van der Waals surface area contributed by atoms with Crippen LogP contribution in [0.3, 0.4) is 0 Å². The summed E-state index contributed by atoms with van der Waals surface area (Å²) >= 11 is 5.22. The van der Waals surface area contributed by atoms with E-state index >= 15 is 0 Å². The van der Waals surface area contributed by atoms with Gasteiger partial charge in [-0.3, -0.25) is 5.10 Å². The Morgan fingerprint density at radius 1 is 1.38 bits per heavy atom. The number of unbranched alkanes of at least 4 members (excludes halogenated alkanes) is 1. The first-order valence-corrected chi connectivity index (χ1v) is 7.55. The number of nitrogens with one attached hydrogen (secondary N) is 1. The van der Waals surface area contributed by atoms with Crippen LogP contribution in [0.1, 0.15) is 38.1 Å². The average molecular weight is 300 g/mol. The smallest absolute Gasteiger partial charge is 0.216 e. The van der Waals surface area contributed by atoms with Gasteiger partial charge in [0.25, 0.3) is 0 Å². The largest absolute Gasteiger partial charge is 0.250 e. The molecule has 0 amide bonds. The zero-order valence-electron chi connectivity index (χ0n) is 12.4. The summed E-state index contributed by atoms with van der Waals surface area (Å²) in [6, 6.07) is 10.2. The fraction of sp³-hybridized carbons (Fsp3) is 0.312. The van der Waals surface area contributed by atoms with Gasteiger partial charge in [-0.1, -0.05) is 49.8 Å². The molecule has 110 valence electrons. The van der Waals surface area contributed by atoms with Crippen LogP contribution in [0.4, 0.5) is 0 Å². The molecule has 0 spiro atoms. The molecular formula is C16H20N4S. The normalized spacial score (nSPS) is 12.2. The van der Waals surface area contributed by atoms with Crippen LogP contribution in [-0.4, -0.2) is 21.1 Å². The number of nitrogens with zero attached hydrogens (tertiary/aromatic N) is 3. The van der Waals surface area contributed by atoms with Gasteiger partial charge in [0.2, 0.25) is 4.77 Å². The van der Waals surface area contributed by atoms with E-state index in [2.05, 4.69) is 40.4 Å². The number of allylic oxidation sites excluding steroid dienone is 1. The van der Waals surface area contributed by atoms with E-state index in [-0.39, 0.29) is 0 Å². The summed E-state index contributed by atoms with van der Waals surface area (Å²) < 4.78 is 2.23. The van der Waals surface area contributed by atoms with Crippen molar-refractivity contribution >= 4 is 24.5 Å². The summed E-state index contributed by atoms with van der Waals surface area (Å²) in [5.41, 5.74) is 2.22. The summed E-state index contributed by atoms with van der Waals surface area (Å²) in [7, 11) is 0. The lowest BCUT2D eigenvalue weighted by atomic mass is 10.1. The molecule has 0 bridgehead atoms. The van der Waals surface area contributed by atoms with Crippen LogP contribution in [0.25, 0.3) is 6.08 Å². The maximum Gasteiger partial charge on any atom is 0.216 e. The van der Waals surface area contributed by atoms with E-state index in [0.717, 1.165) is 36.2 Å². The lowest BCUT2D eigenvalue weighted by molar-refractivity contribution is 0.700. The van der Waals surface area contributed by atoms with Crippen LogP contribution in [0, 0.1) is 4.77 Å². The van der Waals surface area contributed by atoms with E-state index in [1.165, 1.54) is 0 Å². The van der Waals surface area contributed by atoms with Crippen molar-refractivity contribution in [2.24, 2.45) is 5.10 Å². The SMILES string of the molecule is CCCCc1n[nH]c(=S)n1/N=C\C(C)=C\c1ccccc1. The van der Waals surface area contributed by atoms with Crippen LogP contribution >= 0.6 is 12.2 Å². The predicted octanol–water partition coefficient (Wildman–Crippen LogP) is 4.22. The number of aryl methyl sites for hydroxylation is 1. The molecule has 0 saturated carbocycles. The molecule has 5 heteroatoms. The minimum atomic E-state index is 0.532. The molecule has 0 saturated heterocycles. The fourth-order valence-electron chi connectivity index (χ4n) is 1.94. The Hall–Kier alpha value is -2.01. The van der Waals surface area contributed by atoms with Gasteiger partial charge in [0, 0.05) is 6.42 Å². The van der Waals surface area contributed by atoms with Crippen LogP contribution in [0.15, 0.2) is 41.0 Å². The average Bonchev–Trinajstić information content (AvgIpc) is 2.84. The van der Waals surface area contributed by atoms with Gasteiger partial charge in [-0.2, -0.15) is 14.9 Å². The minimum absolute atomic E-state index is 0.532. The Kier molecular flexibility index (Phi) is 5.63. The van der Waals surface area contributed by atoms with E-state index in [4.69, 9.17) is 12.2 Å². The van der Waals surface area contributed by atoms with Crippen LogP contribution < -0.4 is 0 Å². The molecule has 0 aliphatic heterocycles. The van der Waals surface area contributed by atoms with Crippen LogP contribution in [-0.2, 0) is 6.42 Å². The number of H-pyrrole nitrogens is 1. The quantitative estimate of drug-likeness (QED) is 0.641. The molecule has 2 rings (SSSR count). The van der Waals surface area contributed by atoms with Crippen molar-refractivity contribution in [3.8, 4) is 0 Å². The molecule has 2 aromatic rings. The summed E-state index contributed by atoms with van der Waals surface area (Å²) in [5.74, 6) is 0.880. The number of benzene rings is 1. The zero-order valence-corrected chi connectivity index (χ0v) is 13.2. The molecular weight excluding hydrogens is 280 g/mol. The number of aromatic amines is 1. The molecule has 21 heavy (non-hydrogen) atoms. The lowest BCUT2D eigenvalue weighted by Crippen LogP contribution is -1.99. The van der Waals surface area contributed by atoms with Crippen molar-refractivity contribution in [1.82, 2.24) is 14.9 Å². The highest BCUT2D eigenvalue weighted by molar-refractivity contribution is 7.71. The maximum atomic E-state index is 5.22. The predicted molar refractivity (Wildman–Crippen MR) is 90.0 cm³/mol. The Labute approximate surface area is 130 Å². The van der Waals surface area contributed by atoms with E-state index in [0.29, 0.717) is 4.77 Å². The van der Waals surface area contributed by atoms with Crippen molar-refractivity contribution in [2.75, 3.05) is 0 Å². The first-order valence-electron chi connectivity index (χ1n) is 7.14. The number of hydrogen-bond acceptors (Lipinski definition) is 3. The van der Waals surface area contributed by atoms with E-state index in [1.807, 2.05) is 31.3 Å². The topological polar surface area (TPSA) is 46.0 Å². The van der Waals surface area contributed by atoms with E-state index in [1.54, 1.807) is 4.68 Å². The van der Waals surface area contributed by atoms with Gasteiger partial charge in [0.1, 0.15) is 0 Å². The van der Waals surface area contributed by atoms with Crippen molar-refractivity contribution in [2.45, 2.75) is 33.1 Å². The standard InChI is InChI=1S/C16H20N4S/c1-3-4-10-15-18-19-16(21)20(15)17-12-13(2)11-14-8-6-5-7-9-14/h5-9,11-12H,3-4,10H2,1-2H3,(H,19,21)/b13-11+,17-12-. The number of hydrogen-bond donors (Lipinski definition) is 1. The van der Waals surface area contributed by atoms with Gasteiger partial charge < -0.3 is 0 Å². The number of rotatable bonds is 6. The van der Waals surface area contributed by atoms with Crippen molar-refractivity contribution in [3.63, 3.8) is 0 Å². The number of aromatic nitrogens is 3. The van der Waals surface area contributed by atoms with Gasteiger partial charge in [-0.05, 0) is 36.7 Å².